The Bertz CT molecular complexity index is 1560. The molecule has 1 saturated carbocycles. The van der Waals surface area contributed by atoms with Crippen LogP contribution in [0.15, 0.2) is 60.3 Å². The van der Waals surface area contributed by atoms with Gasteiger partial charge in [0.05, 0.1) is 24.6 Å². The molecule has 5 nitrogen and oxygen atoms in total. The van der Waals surface area contributed by atoms with E-state index in [0.29, 0.717) is 23.8 Å². The Labute approximate surface area is 203 Å². The van der Waals surface area contributed by atoms with E-state index < -0.39 is 0 Å². The number of pyridine rings is 1. The fraction of sp³-hybridized carbons (Fsp3) is 0.241. The Morgan fingerprint density at radius 1 is 1.17 bits per heavy atom. The molecule has 0 saturated heterocycles. The van der Waals surface area contributed by atoms with E-state index in [1.165, 1.54) is 30.7 Å². The zero-order valence-electron chi connectivity index (χ0n) is 19.6. The number of hydrogen-bond donors (Lipinski definition) is 0. The van der Waals surface area contributed by atoms with Crippen molar-refractivity contribution < 1.29 is 13.9 Å². The van der Waals surface area contributed by atoms with Crippen LogP contribution < -0.4 is 9.47 Å². The van der Waals surface area contributed by atoms with Gasteiger partial charge in [0.1, 0.15) is 29.6 Å². The average Bonchev–Trinajstić information content (AvgIpc) is 3.68. The molecular formula is C29H24FN3O2. The van der Waals surface area contributed by atoms with Crippen molar-refractivity contribution >= 4 is 11.2 Å². The van der Waals surface area contributed by atoms with E-state index in [4.69, 9.17) is 14.5 Å². The number of halogens is 1. The SMILES string of the molecule is COc1ccn2c(Cc3ccc4c(c3)COc3cc(F)ccc3/C4=C(\C)C#N)c(C3CC3)nc2c1. The fourth-order valence-corrected chi connectivity index (χ4v) is 4.98. The largest absolute Gasteiger partial charge is 0.497 e. The minimum Gasteiger partial charge on any atom is -0.497 e. The number of nitriles is 1. The molecule has 0 bridgehead atoms. The first kappa shape index (κ1) is 21.4. The summed E-state index contributed by atoms with van der Waals surface area (Å²) in [5.74, 6) is 1.40. The normalized spacial score (nSPS) is 16.1. The number of imidazole rings is 1. The Morgan fingerprint density at radius 2 is 2.00 bits per heavy atom. The molecule has 1 fully saturated rings. The number of allylic oxidation sites excluding steroid dienone is 1. The molecule has 0 spiro atoms. The molecule has 174 valence electrons. The van der Waals surface area contributed by atoms with Gasteiger partial charge >= 0.3 is 0 Å². The van der Waals surface area contributed by atoms with Gasteiger partial charge in [-0.15, -0.1) is 0 Å². The number of ether oxygens (including phenoxy) is 2. The molecule has 1 aliphatic carbocycles. The van der Waals surface area contributed by atoms with Crippen molar-refractivity contribution in [3.05, 3.63) is 99.8 Å². The van der Waals surface area contributed by atoms with E-state index in [1.807, 2.05) is 18.3 Å². The number of hydrogen-bond acceptors (Lipinski definition) is 4. The predicted molar refractivity (Wildman–Crippen MR) is 131 cm³/mol. The quantitative estimate of drug-likeness (QED) is 0.337. The van der Waals surface area contributed by atoms with Crippen molar-refractivity contribution in [1.29, 1.82) is 5.26 Å². The summed E-state index contributed by atoms with van der Waals surface area (Å²) in [6.07, 6.45) is 5.09. The van der Waals surface area contributed by atoms with Gasteiger partial charge in [0.25, 0.3) is 0 Å². The van der Waals surface area contributed by atoms with Crippen LogP contribution in [-0.4, -0.2) is 16.5 Å². The van der Waals surface area contributed by atoms with Crippen LogP contribution in [0.2, 0.25) is 0 Å². The van der Waals surface area contributed by atoms with E-state index in [0.717, 1.165) is 51.3 Å². The lowest BCUT2D eigenvalue weighted by molar-refractivity contribution is 0.305. The number of rotatable bonds is 4. The Kier molecular flexibility index (Phi) is 5.07. The average molecular weight is 466 g/mol. The fourth-order valence-electron chi connectivity index (χ4n) is 4.98. The zero-order chi connectivity index (χ0) is 24.1. The maximum absolute atomic E-state index is 13.9. The molecule has 4 aromatic rings. The summed E-state index contributed by atoms with van der Waals surface area (Å²) in [7, 11) is 1.67. The maximum atomic E-state index is 13.9. The van der Waals surface area contributed by atoms with Crippen molar-refractivity contribution in [1.82, 2.24) is 9.38 Å². The number of nitrogens with zero attached hydrogens (tertiary/aromatic N) is 3. The molecule has 3 heterocycles. The lowest BCUT2D eigenvalue weighted by Crippen LogP contribution is -2.02. The highest BCUT2D eigenvalue weighted by molar-refractivity contribution is 5.88. The van der Waals surface area contributed by atoms with E-state index in [1.54, 1.807) is 20.1 Å². The summed E-state index contributed by atoms with van der Waals surface area (Å²) in [6.45, 7) is 2.10. The highest BCUT2D eigenvalue weighted by Gasteiger charge is 2.30. The van der Waals surface area contributed by atoms with Gasteiger partial charge in [-0.25, -0.2) is 9.37 Å². The first-order valence-electron chi connectivity index (χ1n) is 11.8. The van der Waals surface area contributed by atoms with Gasteiger partial charge in [-0.2, -0.15) is 5.26 Å². The minimum atomic E-state index is -0.360. The molecule has 2 aromatic heterocycles. The van der Waals surface area contributed by atoms with Crippen molar-refractivity contribution in [2.45, 2.75) is 38.7 Å². The molecular weight excluding hydrogens is 441 g/mol. The smallest absolute Gasteiger partial charge is 0.140 e. The number of benzene rings is 2. The molecule has 0 radical (unpaired) electrons. The third-order valence-corrected chi connectivity index (χ3v) is 6.88. The first-order chi connectivity index (χ1) is 17.1. The maximum Gasteiger partial charge on any atom is 0.140 e. The van der Waals surface area contributed by atoms with E-state index in [-0.39, 0.29) is 5.82 Å². The summed E-state index contributed by atoms with van der Waals surface area (Å²) < 4.78 is 27.5. The van der Waals surface area contributed by atoms with Crippen molar-refractivity contribution in [2.24, 2.45) is 0 Å². The van der Waals surface area contributed by atoms with Crippen LogP contribution >= 0.6 is 0 Å². The minimum absolute atomic E-state index is 0.307. The Morgan fingerprint density at radius 3 is 2.77 bits per heavy atom. The summed E-state index contributed by atoms with van der Waals surface area (Å²) in [6, 6.07) is 17.0. The second-order valence-corrected chi connectivity index (χ2v) is 9.22. The van der Waals surface area contributed by atoms with Crippen LogP contribution in [0, 0.1) is 17.1 Å². The van der Waals surface area contributed by atoms with Crippen molar-refractivity contribution in [3.8, 4) is 17.6 Å². The molecule has 0 amide bonds. The first-order valence-corrected chi connectivity index (χ1v) is 11.8. The molecule has 0 N–H and O–H groups in total. The monoisotopic (exact) mass is 465 g/mol. The van der Waals surface area contributed by atoms with E-state index in [9.17, 15) is 9.65 Å². The Hall–Kier alpha value is -4.11. The third kappa shape index (κ3) is 3.74. The van der Waals surface area contributed by atoms with Crippen LogP contribution in [-0.2, 0) is 13.0 Å². The van der Waals surface area contributed by atoms with Crippen LogP contribution in [0.1, 0.15) is 59.3 Å². The third-order valence-electron chi connectivity index (χ3n) is 6.88. The summed E-state index contributed by atoms with van der Waals surface area (Å²) in [5, 5.41) is 9.70. The molecule has 0 unspecified atom stereocenters. The van der Waals surface area contributed by atoms with Crippen molar-refractivity contribution in [2.75, 3.05) is 7.11 Å². The van der Waals surface area contributed by atoms with E-state index in [2.05, 4.69) is 28.7 Å². The molecule has 2 aliphatic rings. The number of aromatic nitrogens is 2. The van der Waals surface area contributed by atoms with Gasteiger partial charge in [0.2, 0.25) is 0 Å². The molecule has 0 atom stereocenters. The van der Waals surface area contributed by atoms with Crippen LogP contribution in [0.5, 0.6) is 11.5 Å². The van der Waals surface area contributed by atoms with Crippen molar-refractivity contribution in [3.63, 3.8) is 0 Å². The van der Waals surface area contributed by atoms with Crippen LogP contribution in [0.25, 0.3) is 11.2 Å². The lowest BCUT2D eigenvalue weighted by Gasteiger charge is -2.13. The van der Waals surface area contributed by atoms with Crippen LogP contribution in [0.4, 0.5) is 4.39 Å². The summed E-state index contributed by atoms with van der Waals surface area (Å²) in [4.78, 5) is 4.94. The molecule has 6 rings (SSSR count). The van der Waals surface area contributed by atoms with Gasteiger partial charge < -0.3 is 13.9 Å². The second-order valence-electron chi connectivity index (χ2n) is 9.22. The molecule has 6 heteroatoms. The Balaban J connectivity index is 1.43. The molecule has 35 heavy (non-hydrogen) atoms. The molecule has 1 aliphatic heterocycles. The second kappa shape index (κ2) is 8.28. The van der Waals surface area contributed by atoms with Gasteiger partial charge in [0, 0.05) is 47.4 Å². The summed E-state index contributed by atoms with van der Waals surface area (Å²) in [5.41, 5.74) is 8.41. The van der Waals surface area contributed by atoms with Gasteiger partial charge in [-0.3, -0.25) is 0 Å². The highest BCUT2D eigenvalue weighted by atomic mass is 19.1. The van der Waals surface area contributed by atoms with Crippen LogP contribution in [0.3, 0.4) is 0 Å². The molecule has 2 aromatic carbocycles. The standard InChI is InChI=1S/C29H24FN3O2/c1-17(15-31)28-23-7-3-18(11-20(23)16-35-26-13-21(30)6-8-24(26)28)12-25-29(19-4-5-19)32-27-14-22(34-2)9-10-33(25)27/h3,6-11,13-14,19H,4-5,12,16H2,1-2H3/b28-17+. The van der Waals surface area contributed by atoms with Gasteiger partial charge in [-0.05, 0) is 54.7 Å². The van der Waals surface area contributed by atoms with Gasteiger partial charge in [0.15, 0.2) is 0 Å². The van der Waals surface area contributed by atoms with E-state index >= 15 is 0 Å². The topological polar surface area (TPSA) is 59.5 Å². The predicted octanol–water partition coefficient (Wildman–Crippen LogP) is 6.19. The highest BCUT2D eigenvalue weighted by Crippen LogP contribution is 2.43. The number of fused-ring (bicyclic) bond motifs is 3. The number of methoxy groups -OCH3 is 1. The zero-order valence-corrected chi connectivity index (χ0v) is 19.6. The van der Waals surface area contributed by atoms with Gasteiger partial charge in [-0.1, -0.05) is 18.2 Å². The lowest BCUT2D eigenvalue weighted by atomic mass is 9.89. The summed E-state index contributed by atoms with van der Waals surface area (Å²) >= 11 is 0.